The van der Waals surface area contributed by atoms with E-state index in [9.17, 15) is 18.0 Å². The number of amides is 2. The predicted molar refractivity (Wildman–Crippen MR) is 92.3 cm³/mol. The van der Waals surface area contributed by atoms with Crippen LogP contribution in [0.4, 0.5) is 0 Å². The molecule has 0 spiro atoms. The van der Waals surface area contributed by atoms with Crippen molar-refractivity contribution in [3.63, 3.8) is 0 Å². The van der Waals surface area contributed by atoms with Gasteiger partial charge < -0.3 is 5.32 Å². The highest BCUT2D eigenvalue weighted by molar-refractivity contribution is 7.91. The number of hydrogen-bond donors (Lipinski definition) is 1. The van der Waals surface area contributed by atoms with E-state index in [0.717, 1.165) is 25.7 Å². The number of unbranched alkanes of at least 4 members (excludes halogenated alkanes) is 2. The summed E-state index contributed by atoms with van der Waals surface area (Å²) in [6.07, 6.45) is 5.15. The molecule has 1 N–H and O–H groups in total. The first-order valence-corrected chi connectivity index (χ1v) is 10.6. The molecule has 0 unspecified atom stereocenters. The number of hydrogen-bond acceptors (Lipinski definition) is 5. The number of sulfone groups is 1. The Hall–Kier alpha value is -1.44. The molecule has 0 aromatic heterocycles. The summed E-state index contributed by atoms with van der Waals surface area (Å²) in [4.78, 5) is 24.4. The first-order chi connectivity index (χ1) is 11.3. The Morgan fingerprint density at radius 2 is 2.12 bits per heavy atom. The van der Waals surface area contributed by atoms with Gasteiger partial charge in [-0.05, 0) is 19.8 Å². The quantitative estimate of drug-likeness (QED) is 0.693. The van der Waals surface area contributed by atoms with Crippen molar-refractivity contribution in [2.24, 2.45) is 5.10 Å². The first-order valence-electron chi connectivity index (χ1n) is 8.73. The van der Waals surface area contributed by atoms with E-state index in [-0.39, 0.29) is 35.8 Å². The van der Waals surface area contributed by atoms with E-state index in [1.807, 2.05) is 6.92 Å². The van der Waals surface area contributed by atoms with Crippen molar-refractivity contribution in [3.8, 4) is 0 Å². The molecule has 0 aromatic carbocycles. The Labute approximate surface area is 143 Å². The molecule has 0 saturated carbocycles. The number of nitrogens with one attached hydrogen (secondary N) is 1. The minimum absolute atomic E-state index is 0.0599. The topological polar surface area (TPSA) is 95.9 Å². The summed E-state index contributed by atoms with van der Waals surface area (Å²) in [5, 5.41) is 8.34. The summed E-state index contributed by atoms with van der Waals surface area (Å²) in [7, 11) is -3.10. The van der Waals surface area contributed by atoms with Crippen molar-refractivity contribution in [1.29, 1.82) is 0 Å². The predicted octanol–water partition coefficient (Wildman–Crippen LogP) is 1.24. The second-order valence-corrected chi connectivity index (χ2v) is 8.94. The van der Waals surface area contributed by atoms with E-state index in [1.54, 1.807) is 0 Å². The van der Waals surface area contributed by atoms with Crippen molar-refractivity contribution in [2.75, 3.05) is 11.5 Å². The minimum Gasteiger partial charge on any atom is -0.348 e. The third-order valence-corrected chi connectivity index (χ3v) is 6.24. The molecule has 2 atom stereocenters. The fourth-order valence-corrected chi connectivity index (χ4v) is 4.76. The zero-order valence-electron chi connectivity index (χ0n) is 14.5. The maximum atomic E-state index is 12.3. The number of carbonyl (C=O) groups excluding carboxylic acids is 2. The normalized spacial score (nSPS) is 24.6. The van der Waals surface area contributed by atoms with Gasteiger partial charge in [0.2, 0.25) is 5.91 Å². The molecule has 8 heteroatoms. The third kappa shape index (κ3) is 5.03. The van der Waals surface area contributed by atoms with Crippen molar-refractivity contribution >= 4 is 27.4 Å². The van der Waals surface area contributed by atoms with Crippen LogP contribution >= 0.6 is 0 Å². The summed E-state index contributed by atoms with van der Waals surface area (Å²) in [5.41, 5.74) is 0.321. The second kappa shape index (κ2) is 8.09. The fourth-order valence-electron chi connectivity index (χ4n) is 3.07. The molecular formula is C16H27N3O4S. The molecule has 2 amide bonds. The number of carbonyl (C=O) groups is 2. The molecular weight excluding hydrogens is 330 g/mol. The molecule has 1 saturated heterocycles. The Morgan fingerprint density at radius 3 is 2.75 bits per heavy atom. The highest BCUT2D eigenvalue weighted by Gasteiger charge is 2.37. The largest absolute Gasteiger partial charge is 0.348 e. The average molecular weight is 357 g/mol. The Bertz CT molecular complexity index is 615. The van der Waals surface area contributed by atoms with E-state index < -0.39 is 15.9 Å². The standard InChI is InChI=1S/C16H27N3O4S/c1-3-4-5-6-12(2)17-16(21)14-7-8-15(20)19(18-14)13-9-10-24(22,23)11-13/h12-13H,3-11H2,1-2H3,(H,17,21)/t12-,13-/m1/s1. The van der Waals surface area contributed by atoms with Crippen LogP contribution < -0.4 is 5.32 Å². The molecule has 2 rings (SSSR count). The summed E-state index contributed by atoms with van der Waals surface area (Å²) < 4.78 is 23.2. The van der Waals surface area contributed by atoms with Crippen LogP contribution in [0.5, 0.6) is 0 Å². The second-order valence-electron chi connectivity index (χ2n) is 6.71. The van der Waals surface area contributed by atoms with Crippen LogP contribution in [-0.4, -0.2) is 54.5 Å². The maximum absolute atomic E-state index is 12.3. The van der Waals surface area contributed by atoms with Gasteiger partial charge in [0.25, 0.3) is 5.91 Å². The van der Waals surface area contributed by atoms with Gasteiger partial charge in [-0.2, -0.15) is 5.10 Å². The lowest BCUT2D eigenvalue weighted by molar-refractivity contribution is -0.133. The highest BCUT2D eigenvalue weighted by Crippen LogP contribution is 2.22. The van der Waals surface area contributed by atoms with E-state index in [4.69, 9.17) is 0 Å². The lowest BCUT2D eigenvalue weighted by Crippen LogP contribution is -2.45. The van der Waals surface area contributed by atoms with Gasteiger partial charge in [0.1, 0.15) is 5.71 Å². The van der Waals surface area contributed by atoms with Gasteiger partial charge in [-0.3, -0.25) is 9.59 Å². The lowest BCUT2D eigenvalue weighted by Gasteiger charge is -2.28. The number of hydrazone groups is 1. The Kier molecular flexibility index (Phi) is 6.37. The number of nitrogens with zero attached hydrogens (tertiary/aromatic N) is 2. The van der Waals surface area contributed by atoms with Gasteiger partial charge in [0.15, 0.2) is 9.84 Å². The molecule has 7 nitrogen and oxygen atoms in total. The molecule has 2 aliphatic heterocycles. The molecule has 24 heavy (non-hydrogen) atoms. The van der Waals surface area contributed by atoms with E-state index in [0.29, 0.717) is 18.6 Å². The molecule has 2 aliphatic rings. The van der Waals surface area contributed by atoms with E-state index in [2.05, 4.69) is 17.3 Å². The molecule has 0 radical (unpaired) electrons. The van der Waals surface area contributed by atoms with Crippen molar-refractivity contribution in [2.45, 2.75) is 70.9 Å². The molecule has 136 valence electrons. The summed E-state index contributed by atoms with van der Waals surface area (Å²) in [6.45, 7) is 4.10. The molecule has 1 fully saturated rings. The molecule has 0 bridgehead atoms. The minimum atomic E-state index is -3.10. The van der Waals surface area contributed by atoms with Crippen molar-refractivity contribution in [1.82, 2.24) is 10.3 Å². The van der Waals surface area contributed by atoms with Crippen LogP contribution in [0.3, 0.4) is 0 Å². The van der Waals surface area contributed by atoms with Crippen LogP contribution in [0.15, 0.2) is 5.10 Å². The van der Waals surface area contributed by atoms with E-state index >= 15 is 0 Å². The van der Waals surface area contributed by atoms with Gasteiger partial charge >= 0.3 is 0 Å². The Morgan fingerprint density at radius 1 is 1.38 bits per heavy atom. The maximum Gasteiger partial charge on any atom is 0.267 e. The molecule has 0 aromatic rings. The molecule has 2 heterocycles. The van der Waals surface area contributed by atoms with E-state index in [1.165, 1.54) is 5.01 Å². The monoisotopic (exact) mass is 357 g/mol. The molecule has 0 aliphatic carbocycles. The van der Waals surface area contributed by atoms with Gasteiger partial charge in [-0.25, -0.2) is 13.4 Å². The van der Waals surface area contributed by atoms with Crippen molar-refractivity contribution < 1.29 is 18.0 Å². The van der Waals surface area contributed by atoms with Crippen LogP contribution in [0.25, 0.3) is 0 Å². The van der Waals surface area contributed by atoms with Gasteiger partial charge in [-0.15, -0.1) is 0 Å². The summed E-state index contributed by atoms with van der Waals surface area (Å²) in [6, 6.07) is -0.378. The smallest absolute Gasteiger partial charge is 0.267 e. The summed E-state index contributed by atoms with van der Waals surface area (Å²) in [5.74, 6) is -0.445. The van der Waals surface area contributed by atoms with Crippen LogP contribution in [0.2, 0.25) is 0 Å². The van der Waals surface area contributed by atoms with Crippen LogP contribution in [0, 0.1) is 0 Å². The van der Waals surface area contributed by atoms with Crippen molar-refractivity contribution in [3.05, 3.63) is 0 Å². The fraction of sp³-hybridized carbons (Fsp3) is 0.812. The van der Waals surface area contributed by atoms with Gasteiger partial charge in [0, 0.05) is 18.9 Å². The SMILES string of the molecule is CCCCC[C@@H](C)NC(=O)C1=NN([C@@H]2CCS(=O)(=O)C2)C(=O)CC1. The zero-order valence-corrected chi connectivity index (χ0v) is 15.3. The lowest BCUT2D eigenvalue weighted by atomic mass is 10.1. The average Bonchev–Trinajstić information content (AvgIpc) is 2.87. The third-order valence-electron chi connectivity index (χ3n) is 4.49. The number of rotatable bonds is 7. The Balaban J connectivity index is 1.97. The highest BCUT2D eigenvalue weighted by atomic mass is 32.2. The van der Waals surface area contributed by atoms with Gasteiger partial charge in [-0.1, -0.05) is 26.2 Å². The first kappa shape index (κ1) is 18.9. The van der Waals surface area contributed by atoms with Gasteiger partial charge in [0.05, 0.1) is 17.5 Å². The zero-order chi connectivity index (χ0) is 17.7. The van der Waals surface area contributed by atoms with Crippen LogP contribution in [0.1, 0.15) is 58.8 Å². The summed E-state index contributed by atoms with van der Waals surface area (Å²) >= 11 is 0. The van der Waals surface area contributed by atoms with Crippen LogP contribution in [-0.2, 0) is 19.4 Å².